The van der Waals surface area contributed by atoms with Gasteiger partial charge in [0.25, 0.3) is 0 Å². The van der Waals surface area contributed by atoms with Crippen LogP contribution in [0.15, 0.2) is 29.3 Å². The summed E-state index contributed by atoms with van der Waals surface area (Å²) in [4.78, 5) is 4.18. The molecule has 0 spiro atoms. The van der Waals surface area contributed by atoms with Crippen LogP contribution in [0.1, 0.15) is 37.7 Å². The first-order valence-electron chi connectivity index (χ1n) is 8.08. The van der Waals surface area contributed by atoms with E-state index in [0.29, 0.717) is 12.6 Å². The largest absolute Gasteiger partial charge is 0.378 e. The molecule has 0 saturated heterocycles. The summed E-state index contributed by atoms with van der Waals surface area (Å²) in [5, 5.41) is 6.47. The Morgan fingerprint density at radius 1 is 1.22 bits per heavy atom. The molecular weight excluding hydrogens is 408 g/mol. The molecule has 4 nitrogen and oxygen atoms in total. The van der Waals surface area contributed by atoms with Crippen LogP contribution in [0.4, 0.5) is 4.39 Å². The summed E-state index contributed by atoms with van der Waals surface area (Å²) in [6.07, 6.45) is 6.50. The highest BCUT2D eigenvalue weighted by atomic mass is 127. The predicted octanol–water partition coefficient (Wildman–Crippen LogP) is 3.46. The smallest absolute Gasteiger partial charge is 0.191 e. The number of guanidine groups is 1. The summed E-state index contributed by atoms with van der Waals surface area (Å²) in [6, 6.07) is 6.47. The number of ether oxygens (including phenoxy) is 1. The van der Waals surface area contributed by atoms with Crippen molar-refractivity contribution in [1.82, 2.24) is 10.6 Å². The third-order valence-electron chi connectivity index (χ3n) is 3.87. The molecule has 6 heteroatoms. The van der Waals surface area contributed by atoms with Gasteiger partial charge in [0.15, 0.2) is 5.96 Å². The number of benzene rings is 1. The molecule has 2 rings (SSSR count). The summed E-state index contributed by atoms with van der Waals surface area (Å²) in [7, 11) is 1.75. The van der Waals surface area contributed by atoms with Crippen molar-refractivity contribution in [2.75, 3.05) is 20.2 Å². The van der Waals surface area contributed by atoms with Gasteiger partial charge in [-0.1, -0.05) is 25.0 Å². The number of rotatable bonds is 7. The Kier molecular flexibility index (Phi) is 10.2. The number of halogens is 2. The first-order valence-corrected chi connectivity index (χ1v) is 8.08. The summed E-state index contributed by atoms with van der Waals surface area (Å²) in [5.41, 5.74) is 1.02. The monoisotopic (exact) mass is 435 g/mol. The highest BCUT2D eigenvalue weighted by Crippen LogP contribution is 2.20. The molecule has 1 aliphatic rings. The second-order valence-electron chi connectivity index (χ2n) is 5.61. The van der Waals surface area contributed by atoms with Crippen molar-refractivity contribution in [2.24, 2.45) is 4.99 Å². The molecule has 0 bridgehead atoms. The lowest BCUT2D eigenvalue weighted by atomic mass is 10.2. The van der Waals surface area contributed by atoms with Crippen molar-refractivity contribution in [2.45, 2.75) is 44.8 Å². The molecule has 0 unspecified atom stereocenters. The third kappa shape index (κ3) is 7.97. The van der Waals surface area contributed by atoms with Gasteiger partial charge in [-0.05, 0) is 37.0 Å². The molecule has 2 N–H and O–H groups in total. The second kappa shape index (κ2) is 11.6. The van der Waals surface area contributed by atoms with E-state index >= 15 is 0 Å². The zero-order valence-electron chi connectivity index (χ0n) is 13.7. The zero-order valence-corrected chi connectivity index (χ0v) is 16.0. The van der Waals surface area contributed by atoms with Crippen LogP contribution in [0.5, 0.6) is 0 Å². The van der Waals surface area contributed by atoms with Gasteiger partial charge in [-0.15, -0.1) is 24.0 Å². The van der Waals surface area contributed by atoms with E-state index in [1.165, 1.54) is 37.8 Å². The minimum atomic E-state index is -0.214. The van der Waals surface area contributed by atoms with E-state index in [2.05, 4.69) is 15.6 Å². The molecular formula is C17H27FIN3O. The second-order valence-corrected chi connectivity index (χ2v) is 5.61. The van der Waals surface area contributed by atoms with Gasteiger partial charge in [-0.25, -0.2) is 4.39 Å². The fourth-order valence-electron chi connectivity index (χ4n) is 2.59. The van der Waals surface area contributed by atoms with Gasteiger partial charge in [0.1, 0.15) is 5.82 Å². The van der Waals surface area contributed by atoms with E-state index < -0.39 is 0 Å². The van der Waals surface area contributed by atoms with Gasteiger partial charge in [0.05, 0.1) is 6.10 Å². The number of nitrogens with one attached hydrogen (secondary N) is 2. The molecule has 0 aromatic heterocycles. The van der Waals surface area contributed by atoms with Crippen molar-refractivity contribution < 1.29 is 9.13 Å². The van der Waals surface area contributed by atoms with Crippen molar-refractivity contribution >= 4 is 29.9 Å². The van der Waals surface area contributed by atoms with Crippen LogP contribution >= 0.6 is 24.0 Å². The van der Waals surface area contributed by atoms with Crippen molar-refractivity contribution in [3.63, 3.8) is 0 Å². The van der Waals surface area contributed by atoms with E-state index in [-0.39, 0.29) is 29.8 Å². The number of hydrogen-bond donors (Lipinski definition) is 2. The van der Waals surface area contributed by atoms with Crippen LogP contribution in [-0.2, 0) is 11.3 Å². The first-order chi connectivity index (χ1) is 10.8. The molecule has 1 saturated carbocycles. The molecule has 1 aromatic carbocycles. The van der Waals surface area contributed by atoms with E-state index in [0.717, 1.165) is 31.1 Å². The maximum absolute atomic E-state index is 12.8. The van der Waals surface area contributed by atoms with Crippen molar-refractivity contribution in [3.8, 4) is 0 Å². The average Bonchev–Trinajstić information content (AvgIpc) is 3.05. The normalized spacial score (nSPS) is 15.3. The highest BCUT2D eigenvalue weighted by molar-refractivity contribution is 14.0. The Bertz CT molecular complexity index is 461. The highest BCUT2D eigenvalue weighted by Gasteiger charge is 2.14. The Morgan fingerprint density at radius 2 is 1.91 bits per heavy atom. The Balaban J connectivity index is 0.00000264. The summed E-state index contributed by atoms with van der Waals surface area (Å²) in [5.74, 6) is 0.540. The lowest BCUT2D eigenvalue weighted by Gasteiger charge is -2.13. The predicted molar refractivity (Wildman–Crippen MR) is 103 cm³/mol. The van der Waals surface area contributed by atoms with Crippen LogP contribution in [0.2, 0.25) is 0 Å². The Labute approximate surface area is 155 Å². The SMILES string of the molecule is CN=C(NCCCOC1CCCC1)NCc1ccc(F)cc1.I. The first kappa shape index (κ1) is 20.2. The van der Waals surface area contributed by atoms with Gasteiger partial charge in [0, 0.05) is 26.7 Å². The minimum absolute atomic E-state index is 0. The molecule has 1 fully saturated rings. The molecule has 0 heterocycles. The number of aliphatic imine (C=N–C) groups is 1. The van der Waals surface area contributed by atoms with Crippen LogP contribution in [-0.4, -0.2) is 32.3 Å². The summed E-state index contributed by atoms with van der Waals surface area (Å²) < 4.78 is 18.7. The molecule has 0 amide bonds. The molecule has 0 radical (unpaired) electrons. The lowest BCUT2D eigenvalue weighted by molar-refractivity contribution is 0.0574. The van der Waals surface area contributed by atoms with Gasteiger partial charge in [-0.3, -0.25) is 4.99 Å². The van der Waals surface area contributed by atoms with Gasteiger partial charge >= 0.3 is 0 Å². The maximum atomic E-state index is 12.8. The summed E-state index contributed by atoms with van der Waals surface area (Å²) in [6.45, 7) is 2.25. The van der Waals surface area contributed by atoms with Gasteiger partial charge in [0.2, 0.25) is 0 Å². The van der Waals surface area contributed by atoms with E-state index in [1.807, 2.05) is 0 Å². The topological polar surface area (TPSA) is 45.7 Å². The van der Waals surface area contributed by atoms with E-state index in [4.69, 9.17) is 4.74 Å². The van der Waals surface area contributed by atoms with Crippen molar-refractivity contribution in [1.29, 1.82) is 0 Å². The third-order valence-corrected chi connectivity index (χ3v) is 3.87. The lowest BCUT2D eigenvalue weighted by Crippen LogP contribution is -2.37. The van der Waals surface area contributed by atoms with Crippen LogP contribution in [0.3, 0.4) is 0 Å². The van der Waals surface area contributed by atoms with E-state index in [1.54, 1.807) is 19.2 Å². The fraction of sp³-hybridized carbons (Fsp3) is 0.588. The molecule has 130 valence electrons. The average molecular weight is 435 g/mol. The maximum Gasteiger partial charge on any atom is 0.191 e. The fourth-order valence-corrected chi connectivity index (χ4v) is 2.59. The van der Waals surface area contributed by atoms with Crippen molar-refractivity contribution in [3.05, 3.63) is 35.6 Å². The van der Waals surface area contributed by atoms with Crippen LogP contribution in [0.25, 0.3) is 0 Å². The van der Waals surface area contributed by atoms with Gasteiger partial charge in [-0.2, -0.15) is 0 Å². The quantitative estimate of drug-likeness (QED) is 0.299. The van der Waals surface area contributed by atoms with Gasteiger partial charge < -0.3 is 15.4 Å². The van der Waals surface area contributed by atoms with Crippen LogP contribution < -0.4 is 10.6 Å². The zero-order chi connectivity index (χ0) is 15.6. The molecule has 0 atom stereocenters. The number of hydrogen-bond acceptors (Lipinski definition) is 2. The molecule has 0 aliphatic heterocycles. The van der Waals surface area contributed by atoms with Crippen LogP contribution in [0, 0.1) is 5.82 Å². The standard InChI is InChI=1S/C17H26FN3O.HI/c1-19-17(21-13-14-7-9-15(18)10-8-14)20-11-4-12-22-16-5-2-3-6-16;/h7-10,16H,2-6,11-13H2,1H3,(H2,19,20,21);1H. The molecule has 1 aliphatic carbocycles. The molecule has 23 heavy (non-hydrogen) atoms. The Hall–Kier alpha value is -0.890. The van der Waals surface area contributed by atoms with E-state index in [9.17, 15) is 4.39 Å². The summed E-state index contributed by atoms with van der Waals surface area (Å²) >= 11 is 0. The molecule has 1 aromatic rings. The Morgan fingerprint density at radius 3 is 2.57 bits per heavy atom. The minimum Gasteiger partial charge on any atom is -0.378 e. The number of nitrogens with zero attached hydrogens (tertiary/aromatic N) is 1.